The number of likely N-dealkylation sites (N-methyl/N-ethyl adjacent to an activating group) is 1. The van der Waals surface area contributed by atoms with Crippen molar-refractivity contribution in [2.24, 2.45) is 0 Å². The minimum absolute atomic E-state index is 0.243. The summed E-state index contributed by atoms with van der Waals surface area (Å²) in [5, 5.41) is 2.83. The number of rotatable bonds is 8. The fourth-order valence-corrected chi connectivity index (χ4v) is 1.41. The van der Waals surface area contributed by atoms with Gasteiger partial charge in [-0.1, -0.05) is 13.8 Å². The zero-order chi connectivity index (χ0) is 13.4. The van der Waals surface area contributed by atoms with Crippen molar-refractivity contribution >= 4 is 5.95 Å². The monoisotopic (exact) mass is 255 g/mol. The van der Waals surface area contributed by atoms with Crippen molar-refractivity contribution in [2.75, 3.05) is 45.7 Å². The van der Waals surface area contributed by atoms with E-state index >= 15 is 0 Å². The maximum atomic E-state index is 5.50. The van der Waals surface area contributed by atoms with E-state index in [-0.39, 0.29) is 12.0 Å². The predicted molar refractivity (Wildman–Crippen MR) is 69.2 cm³/mol. The topological polar surface area (TPSA) is 72.4 Å². The second kappa shape index (κ2) is 7.65. The molecule has 0 bridgehead atoms. The van der Waals surface area contributed by atoms with E-state index in [0.29, 0.717) is 12.6 Å². The van der Waals surface area contributed by atoms with Crippen LogP contribution >= 0.6 is 0 Å². The van der Waals surface area contributed by atoms with Crippen LogP contribution in [0.4, 0.5) is 5.95 Å². The molecule has 0 amide bonds. The van der Waals surface area contributed by atoms with Gasteiger partial charge in [0.05, 0.1) is 7.11 Å². The summed E-state index contributed by atoms with van der Waals surface area (Å²) in [6.07, 6.45) is 0. The lowest BCUT2D eigenvalue weighted by molar-refractivity contribution is 0.210. The van der Waals surface area contributed by atoms with E-state index in [4.69, 9.17) is 9.47 Å². The van der Waals surface area contributed by atoms with E-state index in [1.807, 2.05) is 0 Å². The minimum atomic E-state index is 0.243. The van der Waals surface area contributed by atoms with Crippen molar-refractivity contribution in [2.45, 2.75) is 13.8 Å². The highest BCUT2D eigenvalue weighted by Gasteiger charge is 2.07. The molecule has 0 aliphatic carbocycles. The van der Waals surface area contributed by atoms with Gasteiger partial charge in [0.15, 0.2) is 0 Å². The molecular formula is C11H21N5O2. The van der Waals surface area contributed by atoms with Crippen molar-refractivity contribution in [1.29, 1.82) is 0 Å². The van der Waals surface area contributed by atoms with Crippen molar-refractivity contribution in [3.05, 3.63) is 0 Å². The molecule has 7 heteroatoms. The third-order valence-corrected chi connectivity index (χ3v) is 2.53. The number of hydrogen-bond acceptors (Lipinski definition) is 7. The second-order valence-corrected chi connectivity index (χ2v) is 3.55. The van der Waals surface area contributed by atoms with Gasteiger partial charge in [-0.2, -0.15) is 9.97 Å². The summed E-state index contributed by atoms with van der Waals surface area (Å²) < 4.78 is 10.5. The molecule has 18 heavy (non-hydrogen) atoms. The van der Waals surface area contributed by atoms with Crippen LogP contribution < -0.4 is 14.8 Å². The Hall–Kier alpha value is -1.63. The lowest BCUT2D eigenvalue weighted by Gasteiger charge is -2.17. The number of aromatic nitrogens is 3. The first-order valence-electron chi connectivity index (χ1n) is 6.06. The number of methoxy groups -OCH3 is 1. The van der Waals surface area contributed by atoms with E-state index in [1.54, 1.807) is 7.05 Å². The van der Waals surface area contributed by atoms with Crippen molar-refractivity contribution in [3.63, 3.8) is 0 Å². The molecule has 0 atom stereocenters. The lowest BCUT2D eigenvalue weighted by Crippen LogP contribution is -2.28. The fraction of sp³-hybridized carbons (Fsp3) is 0.727. The molecule has 0 radical (unpaired) electrons. The molecule has 0 spiro atoms. The first-order valence-corrected chi connectivity index (χ1v) is 6.06. The molecule has 0 saturated heterocycles. The van der Waals surface area contributed by atoms with Gasteiger partial charge in [-0.3, -0.25) is 0 Å². The molecule has 7 nitrogen and oxygen atoms in total. The van der Waals surface area contributed by atoms with Gasteiger partial charge in [-0.05, 0) is 13.1 Å². The van der Waals surface area contributed by atoms with Crippen molar-refractivity contribution in [1.82, 2.24) is 19.9 Å². The van der Waals surface area contributed by atoms with Gasteiger partial charge in [0.2, 0.25) is 5.95 Å². The molecule has 0 unspecified atom stereocenters. The van der Waals surface area contributed by atoms with Crippen LogP contribution in [0.5, 0.6) is 12.0 Å². The van der Waals surface area contributed by atoms with Gasteiger partial charge >= 0.3 is 12.0 Å². The van der Waals surface area contributed by atoms with Crippen LogP contribution in [0.2, 0.25) is 0 Å². The molecule has 1 aromatic heterocycles. The van der Waals surface area contributed by atoms with E-state index < -0.39 is 0 Å². The Balaban J connectivity index is 2.55. The van der Waals surface area contributed by atoms with Crippen molar-refractivity contribution in [3.8, 4) is 12.0 Å². The lowest BCUT2D eigenvalue weighted by atomic mass is 10.5. The number of nitrogens with zero attached hydrogens (tertiary/aromatic N) is 4. The largest absolute Gasteiger partial charge is 0.467 e. The summed E-state index contributed by atoms with van der Waals surface area (Å²) in [5.74, 6) is 0.430. The molecule has 1 heterocycles. The maximum Gasteiger partial charge on any atom is 0.324 e. The summed E-state index contributed by atoms with van der Waals surface area (Å²) >= 11 is 0. The van der Waals surface area contributed by atoms with Crippen molar-refractivity contribution < 1.29 is 9.47 Å². The SMILES string of the molecule is CCN(CC)CCOc1nc(NC)nc(OC)n1. The van der Waals surface area contributed by atoms with Crippen LogP contribution in [0.3, 0.4) is 0 Å². The van der Waals surface area contributed by atoms with Gasteiger partial charge < -0.3 is 19.7 Å². The highest BCUT2D eigenvalue weighted by Crippen LogP contribution is 2.11. The molecule has 1 rings (SSSR count). The van der Waals surface area contributed by atoms with Crippen LogP contribution in [0.1, 0.15) is 13.8 Å². The van der Waals surface area contributed by atoms with Gasteiger partial charge in [0.25, 0.3) is 0 Å². The highest BCUT2D eigenvalue weighted by molar-refractivity contribution is 5.26. The normalized spacial score (nSPS) is 10.5. The molecule has 0 aliphatic rings. The molecule has 0 saturated carbocycles. The third kappa shape index (κ3) is 4.33. The predicted octanol–water partition coefficient (Wildman–Crippen LogP) is 0.642. The summed E-state index contributed by atoms with van der Waals surface area (Å²) in [5.41, 5.74) is 0. The Bertz CT molecular complexity index is 335. The van der Waals surface area contributed by atoms with Crippen LogP contribution in [-0.2, 0) is 0 Å². The van der Waals surface area contributed by atoms with Crippen LogP contribution in [0.15, 0.2) is 0 Å². The zero-order valence-electron chi connectivity index (χ0n) is 11.4. The Morgan fingerprint density at radius 2 is 1.78 bits per heavy atom. The second-order valence-electron chi connectivity index (χ2n) is 3.55. The Morgan fingerprint density at radius 3 is 2.33 bits per heavy atom. The van der Waals surface area contributed by atoms with E-state index in [0.717, 1.165) is 19.6 Å². The Labute approximate surface area is 108 Å². The zero-order valence-corrected chi connectivity index (χ0v) is 11.4. The molecule has 102 valence electrons. The summed E-state index contributed by atoms with van der Waals surface area (Å²) in [6.45, 7) is 7.63. The molecule has 0 aliphatic heterocycles. The third-order valence-electron chi connectivity index (χ3n) is 2.53. The van der Waals surface area contributed by atoms with Crippen LogP contribution in [-0.4, -0.2) is 60.3 Å². The molecule has 0 aromatic carbocycles. The minimum Gasteiger partial charge on any atom is -0.467 e. The fourth-order valence-electron chi connectivity index (χ4n) is 1.41. The Morgan fingerprint density at radius 1 is 1.11 bits per heavy atom. The summed E-state index contributed by atoms with van der Waals surface area (Å²) in [6, 6.07) is 0.519. The Kier molecular flexibility index (Phi) is 6.13. The number of nitrogens with one attached hydrogen (secondary N) is 1. The van der Waals surface area contributed by atoms with Gasteiger partial charge in [-0.15, -0.1) is 4.98 Å². The number of anilines is 1. The van der Waals surface area contributed by atoms with Gasteiger partial charge in [0.1, 0.15) is 6.61 Å². The average molecular weight is 255 g/mol. The molecule has 0 fully saturated rings. The number of hydrogen-bond donors (Lipinski definition) is 1. The first kappa shape index (κ1) is 14.4. The number of ether oxygens (including phenoxy) is 2. The van der Waals surface area contributed by atoms with E-state index in [1.165, 1.54) is 7.11 Å². The first-order chi connectivity index (χ1) is 8.73. The summed E-state index contributed by atoms with van der Waals surface area (Å²) in [4.78, 5) is 14.4. The van der Waals surface area contributed by atoms with E-state index in [2.05, 4.69) is 39.0 Å². The van der Waals surface area contributed by atoms with Crippen LogP contribution in [0.25, 0.3) is 0 Å². The van der Waals surface area contributed by atoms with Gasteiger partial charge in [-0.25, -0.2) is 0 Å². The maximum absolute atomic E-state index is 5.50. The van der Waals surface area contributed by atoms with Crippen LogP contribution in [0, 0.1) is 0 Å². The average Bonchev–Trinajstić information content (AvgIpc) is 2.43. The summed E-state index contributed by atoms with van der Waals surface area (Å²) in [7, 11) is 3.24. The molecular weight excluding hydrogens is 234 g/mol. The van der Waals surface area contributed by atoms with Gasteiger partial charge in [0, 0.05) is 13.6 Å². The standard InChI is InChI=1S/C11H21N5O2/c1-5-16(6-2)7-8-18-11-14-9(12-3)13-10(15-11)17-4/h5-8H2,1-4H3,(H,12,13,14,15). The molecule has 1 N–H and O–H groups in total. The highest BCUT2D eigenvalue weighted by atomic mass is 16.5. The quantitative estimate of drug-likeness (QED) is 0.730. The smallest absolute Gasteiger partial charge is 0.324 e. The van der Waals surface area contributed by atoms with E-state index in [9.17, 15) is 0 Å². The molecule has 1 aromatic rings.